The van der Waals surface area contributed by atoms with Crippen LogP contribution in [0.4, 0.5) is 5.69 Å². The van der Waals surface area contributed by atoms with E-state index in [1.54, 1.807) is 24.3 Å². The Kier molecular flexibility index (Phi) is 7.51. The topological polar surface area (TPSA) is 113 Å². The first-order valence-electron chi connectivity index (χ1n) is 10.8. The number of morpholine rings is 1. The van der Waals surface area contributed by atoms with E-state index < -0.39 is 20.0 Å². The van der Waals surface area contributed by atoms with Gasteiger partial charge in [-0.1, -0.05) is 6.42 Å². The van der Waals surface area contributed by atoms with Crippen molar-refractivity contribution in [3.8, 4) is 0 Å². The second kappa shape index (κ2) is 10.2. The SMILES string of the molecule is O=C(Cc1ccc(S(=O)(=O)N2CCCCC2)s1)Nc1ccc(S(=O)(=O)N2CCOCC2)cc1. The van der Waals surface area contributed by atoms with Crippen LogP contribution in [-0.2, 0) is 36.0 Å². The number of amides is 1. The summed E-state index contributed by atoms with van der Waals surface area (Å²) in [6.45, 7) is 2.45. The van der Waals surface area contributed by atoms with Gasteiger partial charge in [-0.05, 0) is 49.2 Å². The van der Waals surface area contributed by atoms with Crippen LogP contribution in [0, 0.1) is 0 Å². The van der Waals surface area contributed by atoms with Gasteiger partial charge in [0.1, 0.15) is 4.21 Å². The van der Waals surface area contributed by atoms with Crippen LogP contribution in [0.3, 0.4) is 0 Å². The van der Waals surface area contributed by atoms with Crippen LogP contribution in [0.1, 0.15) is 24.1 Å². The fraction of sp³-hybridized carbons (Fsp3) is 0.476. The van der Waals surface area contributed by atoms with Gasteiger partial charge in [0.25, 0.3) is 10.0 Å². The summed E-state index contributed by atoms with van der Waals surface area (Å²) >= 11 is 1.11. The minimum atomic E-state index is -3.60. The van der Waals surface area contributed by atoms with Crippen molar-refractivity contribution in [2.45, 2.75) is 34.8 Å². The molecule has 0 aliphatic carbocycles. The zero-order chi connectivity index (χ0) is 23.5. The Bertz CT molecular complexity index is 1180. The zero-order valence-corrected chi connectivity index (χ0v) is 20.6. The number of benzene rings is 1. The van der Waals surface area contributed by atoms with Gasteiger partial charge in [0.05, 0.1) is 24.5 Å². The van der Waals surface area contributed by atoms with Crippen molar-refractivity contribution < 1.29 is 26.4 Å². The summed E-state index contributed by atoms with van der Waals surface area (Å²) in [5, 5.41) is 2.74. The lowest BCUT2D eigenvalue weighted by Gasteiger charge is -2.26. The van der Waals surface area contributed by atoms with Crippen molar-refractivity contribution >= 4 is 43.0 Å². The Labute approximate surface area is 198 Å². The van der Waals surface area contributed by atoms with E-state index in [-0.39, 0.29) is 21.4 Å². The second-order valence-corrected chi connectivity index (χ2v) is 13.2. The monoisotopic (exact) mass is 513 g/mol. The second-order valence-electron chi connectivity index (χ2n) is 7.95. The summed E-state index contributed by atoms with van der Waals surface area (Å²) in [5.41, 5.74) is 0.471. The number of piperidine rings is 1. The molecule has 2 aliphatic rings. The molecule has 1 amide bonds. The Morgan fingerprint density at radius 1 is 0.848 bits per heavy atom. The number of carbonyl (C=O) groups excluding carboxylic acids is 1. The summed E-state index contributed by atoms with van der Waals surface area (Å²) in [7, 11) is -7.11. The lowest BCUT2D eigenvalue weighted by Crippen LogP contribution is -2.40. The quantitative estimate of drug-likeness (QED) is 0.607. The maximum atomic E-state index is 12.8. The highest BCUT2D eigenvalue weighted by Gasteiger charge is 2.28. The normalized spacial score (nSPS) is 18.8. The summed E-state index contributed by atoms with van der Waals surface area (Å²) in [4.78, 5) is 13.3. The van der Waals surface area contributed by atoms with Gasteiger partial charge in [0.15, 0.2) is 0 Å². The third kappa shape index (κ3) is 5.64. The zero-order valence-electron chi connectivity index (χ0n) is 18.1. The number of ether oxygens (including phenoxy) is 1. The molecule has 1 N–H and O–H groups in total. The number of nitrogens with zero attached hydrogens (tertiary/aromatic N) is 2. The molecule has 0 unspecified atom stereocenters. The highest BCUT2D eigenvalue weighted by Crippen LogP contribution is 2.27. The Morgan fingerprint density at radius 2 is 1.48 bits per heavy atom. The number of hydrogen-bond donors (Lipinski definition) is 1. The van der Waals surface area contributed by atoms with E-state index in [1.807, 2.05) is 0 Å². The molecule has 0 spiro atoms. The van der Waals surface area contributed by atoms with Gasteiger partial charge >= 0.3 is 0 Å². The molecule has 9 nitrogen and oxygen atoms in total. The van der Waals surface area contributed by atoms with Gasteiger partial charge in [-0.15, -0.1) is 11.3 Å². The maximum absolute atomic E-state index is 12.8. The predicted octanol–water partition coefficient (Wildman–Crippen LogP) is 2.12. The predicted molar refractivity (Wildman–Crippen MR) is 125 cm³/mol. The Hall–Kier alpha value is -1.83. The van der Waals surface area contributed by atoms with Crippen LogP contribution in [0.5, 0.6) is 0 Å². The van der Waals surface area contributed by atoms with Gasteiger partial charge in [0.2, 0.25) is 15.9 Å². The van der Waals surface area contributed by atoms with Crippen LogP contribution < -0.4 is 5.32 Å². The minimum absolute atomic E-state index is 0.0357. The average molecular weight is 514 g/mol. The molecule has 0 radical (unpaired) electrons. The van der Waals surface area contributed by atoms with E-state index in [4.69, 9.17) is 4.74 Å². The maximum Gasteiger partial charge on any atom is 0.252 e. The fourth-order valence-corrected chi connectivity index (χ4v) is 8.27. The van der Waals surface area contributed by atoms with E-state index in [2.05, 4.69) is 5.32 Å². The smallest absolute Gasteiger partial charge is 0.252 e. The first-order chi connectivity index (χ1) is 15.8. The number of carbonyl (C=O) groups is 1. The molecule has 0 saturated carbocycles. The summed E-state index contributed by atoms with van der Waals surface area (Å²) < 4.78 is 59.3. The van der Waals surface area contributed by atoms with Crippen LogP contribution >= 0.6 is 11.3 Å². The third-order valence-electron chi connectivity index (χ3n) is 5.63. The highest BCUT2D eigenvalue weighted by atomic mass is 32.2. The lowest BCUT2D eigenvalue weighted by atomic mass is 10.2. The van der Waals surface area contributed by atoms with E-state index >= 15 is 0 Å². The summed E-state index contributed by atoms with van der Waals surface area (Å²) in [5.74, 6) is -0.303. The van der Waals surface area contributed by atoms with E-state index in [0.717, 1.165) is 30.6 Å². The van der Waals surface area contributed by atoms with Crippen molar-refractivity contribution in [3.63, 3.8) is 0 Å². The minimum Gasteiger partial charge on any atom is -0.379 e. The first kappa shape index (κ1) is 24.3. The average Bonchev–Trinajstić information content (AvgIpc) is 3.30. The largest absolute Gasteiger partial charge is 0.379 e. The molecule has 2 saturated heterocycles. The Morgan fingerprint density at radius 3 is 2.15 bits per heavy atom. The highest BCUT2D eigenvalue weighted by molar-refractivity contribution is 7.91. The molecule has 33 heavy (non-hydrogen) atoms. The van der Waals surface area contributed by atoms with Gasteiger partial charge in [-0.3, -0.25) is 4.79 Å². The molecule has 1 aromatic carbocycles. The number of anilines is 1. The lowest BCUT2D eigenvalue weighted by molar-refractivity contribution is -0.115. The standard InChI is InChI=1S/C21H27N3O6S3/c25-20(16-18-6-9-21(31-18)33(28,29)23-10-2-1-3-11-23)22-17-4-7-19(8-5-17)32(26,27)24-12-14-30-15-13-24/h4-9H,1-3,10-16H2,(H,22,25). The van der Waals surface area contributed by atoms with Crippen LogP contribution in [0.25, 0.3) is 0 Å². The molecule has 0 atom stereocenters. The van der Waals surface area contributed by atoms with Crippen LogP contribution in [-0.4, -0.2) is 70.7 Å². The first-order valence-corrected chi connectivity index (χ1v) is 14.5. The molecular weight excluding hydrogens is 486 g/mol. The molecule has 3 heterocycles. The molecule has 1 aromatic heterocycles. The number of rotatable bonds is 7. The molecule has 180 valence electrons. The van der Waals surface area contributed by atoms with Crippen LogP contribution in [0.15, 0.2) is 45.5 Å². The van der Waals surface area contributed by atoms with Gasteiger partial charge in [0, 0.05) is 36.7 Å². The van der Waals surface area contributed by atoms with Gasteiger partial charge in [-0.25, -0.2) is 16.8 Å². The number of thiophene rings is 1. The van der Waals surface area contributed by atoms with Crippen molar-refractivity contribution in [2.75, 3.05) is 44.7 Å². The number of sulfonamides is 2. The molecule has 4 rings (SSSR count). The summed E-state index contributed by atoms with van der Waals surface area (Å²) in [6.07, 6.45) is 2.81. The van der Waals surface area contributed by atoms with Crippen molar-refractivity contribution in [2.24, 2.45) is 0 Å². The van der Waals surface area contributed by atoms with Gasteiger partial charge < -0.3 is 10.1 Å². The fourth-order valence-electron chi connectivity index (χ4n) is 3.83. The van der Waals surface area contributed by atoms with Crippen molar-refractivity contribution in [1.82, 2.24) is 8.61 Å². The van der Waals surface area contributed by atoms with Crippen LogP contribution in [0.2, 0.25) is 0 Å². The van der Waals surface area contributed by atoms with Crippen molar-refractivity contribution in [3.05, 3.63) is 41.3 Å². The van der Waals surface area contributed by atoms with E-state index in [1.165, 1.54) is 20.7 Å². The number of nitrogens with one attached hydrogen (secondary N) is 1. The molecule has 12 heteroatoms. The molecule has 0 bridgehead atoms. The molecule has 2 aromatic rings. The third-order valence-corrected chi connectivity index (χ3v) is 11.0. The summed E-state index contributed by atoms with van der Waals surface area (Å²) in [6, 6.07) is 9.25. The van der Waals surface area contributed by atoms with E-state index in [9.17, 15) is 21.6 Å². The molecule has 2 fully saturated rings. The van der Waals surface area contributed by atoms with E-state index in [0.29, 0.717) is 50.0 Å². The number of hydrogen-bond acceptors (Lipinski definition) is 7. The van der Waals surface area contributed by atoms with Gasteiger partial charge in [-0.2, -0.15) is 8.61 Å². The molecule has 2 aliphatic heterocycles. The van der Waals surface area contributed by atoms with Crippen molar-refractivity contribution in [1.29, 1.82) is 0 Å². The molecular formula is C21H27N3O6S3. The Balaban J connectivity index is 1.36.